The summed E-state index contributed by atoms with van der Waals surface area (Å²) < 4.78 is 6.42. The summed E-state index contributed by atoms with van der Waals surface area (Å²) in [4.78, 5) is 0. The third-order valence-electron chi connectivity index (χ3n) is 8.57. The molecule has 3 aromatic carbocycles. The lowest BCUT2D eigenvalue weighted by Gasteiger charge is -2.26. The first-order valence-electron chi connectivity index (χ1n) is 14.5. The van der Waals surface area contributed by atoms with Gasteiger partial charge < -0.3 is 4.74 Å². The van der Waals surface area contributed by atoms with Gasteiger partial charge in [0.15, 0.2) is 0 Å². The standard InChI is InChI=1S/C35H46O/c1-6-26(7-2)24-36-35-27(8-3)22-34(23-28(35)9-4)33-20-18-32(19-21-33)31-16-14-30(15-17-31)29-12-10-25(5)11-13-29/h14-23,25-26,29H,6-13,24H2,1-5H3. The van der Waals surface area contributed by atoms with Crippen LogP contribution in [0.15, 0.2) is 60.7 Å². The summed E-state index contributed by atoms with van der Waals surface area (Å²) in [6, 6.07) is 23.2. The van der Waals surface area contributed by atoms with E-state index in [1.54, 1.807) is 0 Å². The van der Waals surface area contributed by atoms with Crippen molar-refractivity contribution in [3.8, 4) is 28.0 Å². The first-order valence-corrected chi connectivity index (χ1v) is 14.5. The van der Waals surface area contributed by atoms with Crippen LogP contribution in [0.1, 0.15) is 95.8 Å². The summed E-state index contributed by atoms with van der Waals surface area (Å²) in [5.41, 5.74) is 9.35. The molecule has 0 bridgehead atoms. The van der Waals surface area contributed by atoms with Crippen molar-refractivity contribution in [2.24, 2.45) is 11.8 Å². The van der Waals surface area contributed by atoms with Crippen molar-refractivity contribution < 1.29 is 4.74 Å². The Morgan fingerprint density at radius 1 is 0.667 bits per heavy atom. The summed E-state index contributed by atoms with van der Waals surface area (Å²) in [6.07, 6.45) is 9.76. The van der Waals surface area contributed by atoms with Crippen molar-refractivity contribution in [1.29, 1.82) is 0 Å². The van der Waals surface area contributed by atoms with Gasteiger partial charge in [-0.25, -0.2) is 0 Å². The number of ether oxygens (including phenoxy) is 1. The molecular formula is C35H46O. The Bertz CT molecular complexity index is 1060. The van der Waals surface area contributed by atoms with Crippen LogP contribution in [0.3, 0.4) is 0 Å². The predicted octanol–water partition coefficient (Wildman–Crippen LogP) is 10.3. The Kier molecular flexibility index (Phi) is 9.30. The Morgan fingerprint density at radius 2 is 1.14 bits per heavy atom. The highest BCUT2D eigenvalue weighted by Crippen LogP contribution is 2.37. The van der Waals surface area contributed by atoms with Crippen molar-refractivity contribution in [2.75, 3.05) is 6.61 Å². The lowest BCUT2D eigenvalue weighted by molar-refractivity contribution is 0.237. The third-order valence-corrected chi connectivity index (χ3v) is 8.57. The van der Waals surface area contributed by atoms with E-state index in [4.69, 9.17) is 4.74 Å². The normalized spacial score (nSPS) is 17.9. The quantitative estimate of drug-likeness (QED) is 0.279. The van der Waals surface area contributed by atoms with E-state index in [9.17, 15) is 0 Å². The van der Waals surface area contributed by atoms with Gasteiger partial charge in [-0.15, -0.1) is 0 Å². The molecule has 0 saturated heterocycles. The first kappa shape index (κ1) is 26.5. The lowest BCUT2D eigenvalue weighted by Crippen LogP contribution is -2.12. The van der Waals surface area contributed by atoms with Gasteiger partial charge in [0.05, 0.1) is 6.61 Å². The van der Waals surface area contributed by atoms with Gasteiger partial charge in [0.2, 0.25) is 0 Å². The van der Waals surface area contributed by atoms with E-state index in [0.29, 0.717) is 5.92 Å². The second-order valence-corrected chi connectivity index (χ2v) is 11.0. The molecular weight excluding hydrogens is 436 g/mol. The molecule has 0 aliphatic heterocycles. The van der Waals surface area contributed by atoms with Gasteiger partial charge in [0.25, 0.3) is 0 Å². The van der Waals surface area contributed by atoms with Crippen molar-refractivity contribution in [3.63, 3.8) is 0 Å². The van der Waals surface area contributed by atoms with E-state index in [0.717, 1.165) is 37.0 Å². The highest BCUT2D eigenvalue weighted by atomic mass is 16.5. The molecule has 0 heterocycles. The maximum Gasteiger partial charge on any atom is 0.125 e. The highest BCUT2D eigenvalue weighted by molar-refractivity contribution is 5.72. The van der Waals surface area contributed by atoms with Crippen LogP contribution in [0.5, 0.6) is 5.75 Å². The van der Waals surface area contributed by atoms with Gasteiger partial charge in [-0.2, -0.15) is 0 Å². The summed E-state index contributed by atoms with van der Waals surface area (Å²) in [7, 11) is 0. The van der Waals surface area contributed by atoms with Crippen molar-refractivity contribution in [2.45, 2.75) is 91.9 Å². The van der Waals surface area contributed by atoms with Gasteiger partial charge in [-0.1, -0.05) is 109 Å². The van der Waals surface area contributed by atoms with E-state index in [-0.39, 0.29) is 0 Å². The number of benzene rings is 3. The van der Waals surface area contributed by atoms with Crippen LogP contribution in [-0.2, 0) is 12.8 Å². The maximum atomic E-state index is 6.42. The molecule has 0 N–H and O–H groups in total. The molecule has 1 fully saturated rings. The number of hydrogen-bond donors (Lipinski definition) is 0. The molecule has 0 aromatic heterocycles. The minimum Gasteiger partial charge on any atom is -0.493 e. The first-order chi connectivity index (χ1) is 17.6. The van der Waals surface area contributed by atoms with Crippen LogP contribution < -0.4 is 4.74 Å². The van der Waals surface area contributed by atoms with Crippen molar-refractivity contribution in [1.82, 2.24) is 0 Å². The Morgan fingerprint density at radius 3 is 1.61 bits per heavy atom. The van der Waals surface area contributed by atoms with Crippen LogP contribution in [-0.4, -0.2) is 6.61 Å². The fraction of sp³-hybridized carbons (Fsp3) is 0.486. The van der Waals surface area contributed by atoms with Crippen molar-refractivity contribution >= 4 is 0 Å². The molecule has 1 heteroatoms. The molecule has 0 radical (unpaired) electrons. The van der Waals surface area contributed by atoms with Crippen LogP contribution in [0.4, 0.5) is 0 Å². The van der Waals surface area contributed by atoms with Crippen LogP contribution in [0, 0.1) is 11.8 Å². The average Bonchev–Trinajstić information content (AvgIpc) is 2.94. The summed E-state index contributed by atoms with van der Waals surface area (Å²) in [6.45, 7) is 12.2. The van der Waals surface area contributed by atoms with Crippen LogP contribution in [0.2, 0.25) is 0 Å². The van der Waals surface area contributed by atoms with E-state index >= 15 is 0 Å². The molecule has 1 nitrogen and oxygen atoms in total. The highest BCUT2D eigenvalue weighted by Gasteiger charge is 2.19. The Balaban J connectivity index is 1.51. The topological polar surface area (TPSA) is 9.23 Å². The average molecular weight is 483 g/mol. The summed E-state index contributed by atoms with van der Waals surface area (Å²) in [5, 5.41) is 0. The molecule has 0 unspecified atom stereocenters. The summed E-state index contributed by atoms with van der Waals surface area (Å²) in [5.74, 6) is 3.41. The predicted molar refractivity (Wildman–Crippen MR) is 156 cm³/mol. The van der Waals surface area contributed by atoms with E-state index in [1.165, 1.54) is 77.5 Å². The second kappa shape index (κ2) is 12.6. The van der Waals surface area contributed by atoms with Crippen molar-refractivity contribution in [3.05, 3.63) is 77.4 Å². The van der Waals surface area contributed by atoms with E-state index < -0.39 is 0 Å². The zero-order valence-electron chi connectivity index (χ0n) is 23.3. The number of aryl methyl sites for hydroxylation is 2. The van der Waals surface area contributed by atoms with Gasteiger partial charge in [0, 0.05) is 0 Å². The minimum absolute atomic E-state index is 0.632. The third kappa shape index (κ3) is 6.23. The van der Waals surface area contributed by atoms with Gasteiger partial charge in [0.1, 0.15) is 5.75 Å². The zero-order valence-corrected chi connectivity index (χ0v) is 23.3. The SMILES string of the molecule is CCc1cc(-c2ccc(-c3ccc(C4CCC(C)CC4)cc3)cc2)cc(CC)c1OCC(CC)CC. The smallest absolute Gasteiger partial charge is 0.125 e. The Labute approximate surface area is 220 Å². The molecule has 0 spiro atoms. The number of rotatable bonds is 10. The molecule has 0 atom stereocenters. The van der Waals surface area contributed by atoms with E-state index in [2.05, 4.69) is 95.3 Å². The monoisotopic (exact) mass is 482 g/mol. The second-order valence-electron chi connectivity index (χ2n) is 11.0. The van der Waals surface area contributed by atoms with Gasteiger partial charge in [-0.05, 0) is 94.5 Å². The summed E-state index contributed by atoms with van der Waals surface area (Å²) >= 11 is 0. The zero-order chi connectivity index (χ0) is 25.5. The van der Waals surface area contributed by atoms with Gasteiger partial charge in [-0.3, -0.25) is 0 Å². The van der Waals surface area contributed by atoms with E-state index in [1.807, 2.05) is 0 Å². The minimum atomic E-state index is 0.632. The fourth-order valence-electron chi connectivity index (χ4n) is 5.75. The van der Waals surface area contributed by atoms with Crippen LogP contribution >= 0.6 is 0 Å². The molecule has 192 valence electrons. The fourth-order valence-corrected chi connectivity index (χ4v) is 5.75. The molecule has 1 saturated carbocycles. The molecule has 36 heavy (non-hydrogen) atoms. The molecule has 3 aromatic rings. The lowest BCUT2D eigenvalue weighted by atomic mass is 9.79. The molecule has 1 aliphatic carbocycles. The number of hydrogen-bond acceptors (Lipinski definition) is 1. The Hall–Kier alpha value is -2.54. The maximum absolute atomic E-state index is 6.42. The van der Waals surface area contributed by atoms with Crippen LogP contribution in [0.25, 0.3) is 22.3 Å². The molecule has 0 amide bonds. The molecule has 4 rings (SSSR count). The van der Waals surface area contributed by atoms with Gasteiger partial charge >= 0.3 is 0 Å². The molecule has 1 aliphatic rings. The largest absolute Gasteiger partial charge is 0.493 e.